The van der Waals surface area contributed by atoms with Crippen LogP contribution in [0.1, 0.15) is 93.7 Å². The summed E-state index contributed by atoms with van der Waals surface area (Å²) < 4.78 is 13.1. The lowest BCUT2D eigenvalue weighted by atomic mass is 9.78. The van der Waals surface area contributed by atoms with E-state index in [0.717, 1.165) is 85.9 Å². The molecular weight excluding hydrogens is 526 g/mol. The van der Waals surface area contributed by atoms with Gasteiger partial charge in [0.15, 0.2) is 0 Å². The van der Waals surface area contributed by atoms with Crippen LogP contribution in [0.15, 0.2) is 54.9 Å². The van der Waals surface area contributed by atoms with Gasteiger partial charge in [-0.15, -0.1) is 0 Å². The number of rotatable bonds is 8. The number of aromatic nitrogens is 2. The lowest BCUT2D eigenvalue weighted by Crippen LogP contribution is -2.39. The van der Waals surface area contributed by atoms with E-state index in [-0.39, 0.29) is 11.9 Å². The van der Waals surface area contributed by atoms with Crippen LogP contribution < -0.4 is 9.64 Å². The molecule has 7 heteroatoms. The Morgan fingerprint density at radius 2 is 1.71 bits per heavy atom. The summed E-state index contributed by atoms with van der Waals surface area (Å²) >= 11 is 0. The summed E-state index contributed by atoms with van der Waals surface area (Å²) in [4.78, 5) is 28.3. The fourth-order valence-electron chi connectivity index (χ4n) is 6.82. The second-order valence-electron chi connectivity index (χ2n) is 12.6. The SMILES string of the molecule is COc1ccc(C2CCC(CN(C(=O)OC(=O)C3CCCCC3)c3cccc(-c4cnn(C5CC5)c4)c3)CC2)cc1C. The molecule has 1 aromatic heterocycles. The summed E-state index contributed by atoms with van der Waals surface area (Å²) in [6, 6.07) is 15.0. The van der Waals surface area contributed by atoms with Crippen molar-refractivity contribution in [3.63, 3.8) is 0 Å². The van der Waals surface area contributed by atoms with Crippen molar-refractivity contribution < 1.29 is 19.1 Å². The summed E-state index contributed by atoms with van der Waals surface area (Å²) in [7, 11) is 1.71. The van der Waals surface area contributed by atoms with Crippen LogP contribution >= 0.6 is 0 Å². The highest BCUT2D eigenvalue weighted by molar-refractivity contribution is 5.96. The number of aryl methyl sites for hydroxylation is 1. The zero-order valence-electron chi connectivity index (χ0n) is 25.0. The van der Waals surface area contributed by atoms with E-state index in [2.05, 4.69) is 42.5 Å². The summed E-state index contributed by atoms with van der Waals surface area (Å²) in [6.45, 7) is 2.63. The zero-order valence-corrected chi connectivity index (χ0v) is 25.0. The first kappa shape index (κ1) is 28.5. The van der Waals surface area contributed by atoms with Gasteiger partial charge in [0.1, 0.15) is 5.75 Å². The number of carbonyl (C=O) groups excluding carboxylic acids is 2. The lowest BCUT2D eigenvalue weighted by Gasteiger charge is -2.33. The Kier molecular flexibility index (Phi) is 8.63. The molecule has 7 nitrogen and oxygen atoms in total. The minimum Gasteiger partial charge on any atom is -0.496 e. The van der Waals surface area contributed by atoms with E-state index < -0.39 is 6.09 Å². The molecule has 3 fully saturated rings. The van der Waals surface area contributed by atoms with Gasteiger partial charge in [-0.05, 0) is 105 Å². The van der Waals surface area contributed by atoms with Crippen molar-refractivity contribution >= 4 is 17.7 Å². The van der Waals surface area contributed by atoms with Crippen molar-refractivity contribution in [2.75, 3.05) is 18.6 Å². The molecule has 3 aliphatic carbocycles. The third-order valence-electron chi connectivity index (χ3n) is 9.54. The minimum absolute atomic E-state index is 0.174. The predicted octanol–water partition coefficient (Wildman–Crippen LogP) is 8.23. The first-order chi connectivity index (χ1) is 20.5. The molecule has 42 heavy (non-hydrogen) atoms. The quantitative estimate of drug-likeness (QED) is 0.202. The van der Waals surface area contributed by atoms with Crippen LogP contribution in [-0.4, -0.2) is 35.5 Å². The molecule has 0 atom stereocenters. The summed E-state index contributed by atoms with van der Waals surface area (Å²) in [5, 5.41) is 4.56. The van der Waals surface area contributed by atoms with Crippen molar-refractivity contribution in [3.8, 4) is 16.9 Å². The number of carbonyl (C=O) groups is 2. The van der Waals surface area contributed by atoms with E-state index in [1.54, 1.807) is 12.0 Å². The molecule has 3 aromatic rings. The molecule has 0 unspecified atom stereocenters. The fourth-order valence-corrected chi connectivity index (χ4v) is 6.82. The van der Waals surface area contributed by atoms with Gasteiger partial charge in [-0.25, -0.2) is 4.79 Å². The average Bonchev–Trinajstić information content (AvgIpc) is 3.76. The average molecular weight is 570 g/mol. The van der Waals surface area contributed by atoms with Gasteiger partial charge in [0.25, 0.3) is 0 Å². The smallest absolute Gasteiger partial charge is 0.422 e. The fraction of sp³-hybridized carbons (Fsp3) is 0.514. The number of benzene rings is 2. The van der Waals surface area contributed by atoms with E-state index in [1.165, 1.54) is 18.4 Å². The maximum atomic E-state index is 13.7. The van der Waals surface area contributed by atoms with Crippen LogP contribution in [0.5, 0.6) is 5.75 Å². The van der Waals surface area contributed by atoms with Gasteiger partial charge in [-0.3, -0.25) is 14.4 Å². The van der Waals surface area contributed by atoms with Crippen molar-refractivity contribution in [2.45, 2.75) is 89.5 Å². The van der Waals surface area contributed by atoms with Gasteiger partial charge >= 0.3 is 12.1 Å². The second kappa shape index (κ2) is 12.7. The number of esters is 1. The Morgan fingerprint density at radius 3 is 2.43 bits per heavy atom. The van der Waals surface area contributed by atoms with Crippen molar-refractivity contribution in [2.24, 2.45) is 11.8 Å². The van der Waals surface area contributed by atoms with Gasteiger partial charge < -0.3 is 9.47 Å². The zero-order chi connectivity index (χ0) is 29.1. The Bertz CT molecular complexity index is 1400. The maximum absolute atomic E-state index is 13.7. The minimum atomic E-state index is -0.552. The van der Waals surface area contributed by atoms with E-state index in [9.17, 15) is 9.59 Å². The van der Waals surface area contributed by atoms with Crippen molar-refractivity contribution in [1.29, 1.82) is 0 Å². The highest BCUT2D eigenvalue weighted by atomic mass is 16.6. The van der Waals surface area contributed by atoms with Gasteiger partial charge in [-0.1, -0.05) is 43.5 Å². The Morgan fingerprint density at radius 1 is 0.929 bits per heavy atom. The van der Waals surface area contributed by atoms with Crippen LogP contribution in [0, 0.1) is 18.8 Å². The molecule has 0 aliphatic heterocycles. The third kappa shape index (κ3) is 6.55. The predicted molar refractivity (Wildman–Crippen MR) is 164 cm³/mol. The highest BCUT2D eigenvalue weighted by Crippen LogP contribution is 2.39. The molecule has 0 N–H and O–H groups in total. The van der Waals surface area contributed by atoms with E-state index in [4.69, 9.17) is 9.47 Å². The topological polar surface area (TPSA) is 73.7 Å². The Hall–Kier alpha value is -3.61. The Balaban J connectivity index is 1.18. The van der Waals surface area contributed by atoms with Crippen LogP contribution in [0.3, 0.4) is 0 Å². The normalized spacial score (nSPS) is 21.1. The lowest BCUT2D eigenvalue weighted by molar-refractivity contribution is -0.142. The summed E-state index contributed by atoms with van der Waals surface area (Å²) in [5.74, 6) is 1.22. The van der Waals surface area contributed by atoms with Crippen molar-refractivity contribution in [1.82, 2.24) is 9.78 Å². The third-order valence-corrected chi connectivity index (χ3v) is 9.54. The summed E-state index contributed by atoms with van der Waals surface area (Å²) in [5.41, 5.74) is 5.33. The van der Waals surface area contributed by atoms with Gasteiger partial charge in [0, 0.05) is 24.0 Å². The molecule has 1 heterocycles. The van der Waals surface area contributed by atoms with Gasteiger partial charge in [0.2, 0.25) is 0 Å². The number of hydrogen-bond donors (Lipinski definition) is 0. The first-order valence-corrected chi connectivity index (χ1v) is 15.8. The Labute approximate surface area is 249 Å². The van der Waals surface area contributed by atoms with Crippen molar-refractivity contribution in [3.05, 3.63) is 66.0 Å². The number of nitrogens with zero attached hydrogens (tertiary/aromatic N) is 3. The van der Waals surface area contributed by atoms with Crippen LogP contribution in [0.2, 0.25) is 0 Å². The number of hydrogen-bond acceptors (Lipinski definition) is 5. The number of amides is 1. The molecule has 0 spiro atoms. The molecule has 1 amide bonds. The highest BCUT2D eigenvalue weighted by Gasteiger charge is 2.31. The molecule has 0 saturated heterocycles. The van der Waals surface area contributed by atoms with Crippen LogP contribution in [-0.2, 0) is 9.53 Å². The van der Waals surface area contributed by atoms with Gasteiger partial charge in [-0.2, -0.15) is 5.10 Å². The van der Waals surface area contributed by atoms with E-state index in [0.29, 0.717) is 24.4 Å². The monoisotopic (exact) mass is 569 g/mol. The molecule has 222 valence electrons. The molecular formula is C35H43N3O4. The first-order valence-electron chi connectivity index (χ1n) is 15.8. The number of methoxy groups -OCH3 is 1. The van der Waals surface area contributed by atoms with Crippen LogP contribution in [0.25, 0.3) is 11.1 Å². The standard InChI is InChI=1S/C35H43N3O4/c1-24-19-29(15-18-33(24)41-2)26-13-11-25(12-14-26)22-37(35(40)42-34(39)27-7-4-3-5-8-27)32-10-6-9-28(20-32)30-21-36-38(23-30)31-16-17-31/h6,9-10,15,18-21,23,25-27,31H,3-5,7-8,11-14,16-17,22H2,1-2H3. The van der Waals surface area contributed by atoms with E-state index in [1.807, 2.05) is 29.1 Å². The molecule has 0 radical (unpaired) electrons. The molecule has 0 bridgehead atoms. The molecule has 6 rings (SSSR count). The maximum Gasteiger partial charge on any atom is 0.422 e. The second-order valence-corrected chi connectivity index (χ2v) is 12.6. The number of ether oxygens (including phenoxy) is 2. The molecule has 3 saturated carbocycles. The van der Waals surface area contributed by atoms with Gasteiger partial charge in [0.05, 0.1) is 25.3 Å². The molecule has 3 aliphatic rings. The molecule has 2 aromatic carbocycles. The number of anilines is 1. The van der Waals surface area contributed by atoms with E-state index >= 15 is 0 Å². The van der Waals surface area contributed by atoms with Crippen LogP contribution in [0.4, 0.5) is 10.5 Å². The largest absolute Gasteiger partial charge is 0.496 e. The summed E-state index contributed by atoms with van der Waals surface area (Å²) in [6.07, 6.45) is 14.8.